The Bertz CT molecular complexity index is 317. The van der Waals surface area contributed by atoms with Crippen molar-refractivity contribution in [2.24, 2.45) is 0 Å². The lowest BCUT2D eigenvalue weighted by Crippen LogP contribution is -2.03. The van der Waals surface area contributed by atoms with E-state index < -0.39 is 5.97 Å². The molecule has 76 valence electrons. The molecule has 0 bridgehead atoms. The van der Waals surface area contributed by atoms with Crippen LogP contribution in [-0.4, -0.2) is 26.8 Å². The molecule has 0 aliphatic heterocycles. The molecule has 0 unspecified atom stereocenters. The van der Waals surface area contributed by atoms with Crippen molar-refractivity contribution < 1.29 is 9.90 Å². The van der Waals surface area contributed by atoms with E-state index in [0.717, 1.165) is 18.6 Å². The molecule has 4 nitrogen and oxygen atoms in total. The van der Waals surface area contributed by atoms with E-state index in [1.807, 2.05) is 0 Å². The lowest BCUT2D eigenvalue weighted by molar-refractivity contribution is 0.0685. The first-order valence-electron chi connectivity index (χ1n) is 4.42. The molecule has 0 saturated carbocycles. The van der Waals surface area contributed by atoms with E-state index in [1.54, 1.807) is 0 Å². The first kappa shape index (κ1) is 11.0. The largest absolute Gasteiger partial charge is 0.476 e. The zero-order chi connectivity index (χ0) is 10.4. The van der Waals surface area contributed by atoms with Gasteiger partial charge in [-0.2, -0.15) is 0 Å². The van der Waals surface area contributed by atoms with E-state index in [9.17, 15) is 4.79 Å². The Morgan fingerprint density at radius 3 is 2.86 bits per heavy atom. The number of carboxylic acids is 1. The Labute approximate surface area is 86.8 Å². The van der Waals surface area contributed by atoms with Crippen LogP contribution in [0.2, 0.25) is 0 Å². The van der Waals surface area contributed by atoms with Gasteiger partial charge in [0.05, 0.1) is 0 Å². The first-order chi connectivity index (χ1) is 6.75. The molecule has 0 spiro atoms. The second-order valence-corrected chi connectivity index (χ2v) is 3.80. The zero-order valence-electron chi connectivity index (χ0n) is 7.93. The van der Waals surface area contributed by atoms with Crippen molar-refractivity contribution in [1.29, 1.82) is 0 Å². The monoisotopic (exact) mass is 212 g/mol. The van der Waals surface area contributed by atoms with Gasteiger partial charge in [-0.15, -0.1) is 11.8 Å². The summed E-state index contributed by atoms with van der Waals surface area (Å²) in [6.07, 6.45) is 5.06. The van der Waals surface area contributed by atoms with Crippen LogP contribution in [-0.2, 0) is 0 Å². The molecule has 0 amide bonds. The smallest absolute Gasteiger partial charge is 0.357 e. The maximum absolute atomic E-state index is 10.7. The molecule has 0 aliphatic rings. The molecule has 0 saturated heterocycles. The van der Waals surface area contributed by atoms with Crippen molar-refractivity contribution in [2.45, 2.75) is 24.8 Å². The summed E-state index contributed by atoms with van der Waals surface area (Å²) in [5, 5.41) is 9.31. The number of carbonyl (C=O) groups is 1. The second-order valence-electron chi connectivity index (χ2n) is 2.72. The highest BCUT2D eigenvalue weighted by molar-refractivity contribution is 7.99. The van der Waals surface area contributed by atoms with Gasteiger partial charge in [0.1, 0.15) is 5.03 Å². The van der Waals surface area contributed by atoms with Crippen LogP contribution >= 0.6 is 11.8 Å². The van der Waals surface area contributed by atoms with Gasteiger partial charge in [-0.1, -0.05) is 13.3 Å². The summed E-state index contributed by atoms with van der Waals surface area (Å²) in [4.78, 5) is 18.5. The quantitative estimate of drug-likeness (QED) is 0.598. The summed E-state index contributed by atoms with van der Waals surface area (Å²) in [5.74, 6) is -0.132. The molecule has 1 heterocycles. The zero-order valence-corrected chi connectivity index (χ0v) is 8.75. The Balaban J connectivity index is 2.69. The van der Waals surface area contributed by atoms with Gasteiger partial charge < -0.3 is 5.11 Å². The molecule has 0 atom stereocenters. The van der Waals surface area contributed by atoms with Gasteiger partial charge in [0.2, 0.25) is 0 Å². The average Bonchev–Trinajstić information content (AvgIpc) is 2.19. The SMILES string of the molecule is CCCCSc1nccnc1C(=O)O. The fourth-order valence-corrected chi connectivity index (χ4v) is 1.93. The van der Waals surface area contributed by atoms with Crippen molar-refractivity contribution in [3.63, 3.8) is 0 Å². The van der Waals surface area contributed by atoms with E-state index in [1.165, 1.54) is 24.2 Å². The number of aromatic nitrogens is 2. The maximum Gasteiger partial charge on any atom is 0.357 e. The Hall–Kier alpha value is -1.10. The van der Waals surface area contributed by atoms with Crippen molar-refractivity contribution in [3.8, 4) is 0 Å². The van der Waals surface area contributed by atoms with Crippen LogP contribution in [0.4, 0.5) is 0 Å². The number of rotatable bonds is 5. The van der Waals surface area contributed by atoms with Crippen molar-refractivity contribution in [3.05, 3.63) is 18.1 Å². The van der Waals surface area contributed by atoms with E-state index >= 15 is 0 Å². The third-order valence-electron chi connectivity index (χ3n) is 1.60. The third-order valence-corrected chi connectivity index (χ3v) is 2.67. The van der Waals surface area contributed by atoms with Crippen LogP contribution in [0, 0.1) is 0 Å². The maximum atomic E-state index is 10.7. The molecular weight excluding hydrogens is 200 g/mol. The van der Waals surface area contributed by atoms with Crippen LogP contribution in [0.1, 0.15) is 30.3 Å². The number of thioether (sulfide) groups is 1. The van der Waals surface area contributed by atoms with Crippen LogP contribution in [0.3, 0.4) is 0 Å². The Kier molecular flexibility index (Phi) is 4.39. The van der Waals surface area contributed by atoms with Crippen LogP contribution in [0.5, 0.6) is 0 Å². The molecule has 5 heteroatoms. The fraction of sp³-hybridized carbons (Fsp3) is 0.444. The second kappa shape index (κ2) is 5.59. The van der Waals surface area contributed by atoms with Gasteiger partial charge in [0.15, 0.2) is 5.69 Å². The van der Waals surface area contributed by atoms with E-state index in [2.05, 4.69) is 16.9 Å². The highest BCUT2D eigenvalue weighted by Gasteiger charge is 2.12. The normalized spacial score (nSPS) is 10.1. The highest BCUT2D eigenvalue weighted by Crippen LogP contribution is 2.19. The molecule has 1 aromatic heterocycles. The Morgan fingerprint density at radius 2 is 2.21 bits per heavy atom. The van der Waals surface area contributed by atoms with E-state index in [0.29, 0.717) is 5.03 Å². The molecule has 1 rings (SSSR count). The number of unbranched alkanes of at least 4 members (excludes halogenated alkanes) is 1. The molecule has 0 radical (unpaired) electrons. The number of hydrogen-bond donors (Lipinski definition) is 1. The van der Waals surface area contributed by atoms with Gasteiger partial charge >= 0.3 is 5.97 Å². The molecule has 0 aromatic carbocycles. The molecular formula is C9H12N2O2S. The Morgan fingerprint density at radius 1 is 1.50 bits per heavy atom. The molecule has 0 aliphatic carbocycles. The van der Waals surface area contributed by atoms with Crippen molar-refractivity contribution >= 4 is 17.7 Å². The van der Waals surface area contributed by atoms with Gasteiger partial charge in [0, 0.05) is 12.4 Å². The van der Waals surface area contributed by atoms with Crippen molar-refractivity contribution in [1.82, 2.24) is 9.97 Å². The van der Waals surface area contributed by atoms with Gasteiger partial charge in [-0.3, -0.25) is 0 Å². The third kappa shape index (κ3) is 2.99. The molecule has 1 aromatic rings. The molecule has 1 N–H and O–H groups in total. The van der Waals surface area contributed by atoms with E-state index in [4.69, 9.17) is 5.11 Å². The number of hydrogen-bond acceptors (Lipinski definition) is 4. The first-order valence-corrected chi connectivity index (χ1v) is 5.41. The molecule has 0 fully saturated rings. The number of nitrogens with zero attached hydrogens (tertiary/aromatic N) is 2. The predicted molar refractivity (Wildman–Crippen MR) is 54.6 cm³/mol. The minimum atomic E-state index is -1.02. The number of aromatic carboxylic acids is 1. The summed E-state index contributed by atoms with van der Waals surface area (Å²) < 4.78 is 0. The van der Waals surface area contributed by atoms with Crippen LogP contribution in [0.15, 0.2) is 17.4 Å². The summed E-state index contributed by atoms with van der Waals surface area (Å²) >= 11 is 1.45. The lowest BCUT2D eigenvalue weighted by atomic mass is 10.4. The van der Waals surface area contributed by atoms with Gasteiger partial charge in [0.25, 0.3) is 0 Å². The summed E-state index contributed by atoms with van der Waals surface area (Å²) in [6.45, 7) is 2.09. The standard InChI is InChI=1S/C9H12N2O2S/c1-2-3-6-14-8-7(9(12)13)10-4-5-11-8/h4-5H,2-3,6H2,1H3,(H,12,13). The minimum Gasteiger partial charge on any atom is -0.476 e. The number of carboxylic acid groups (broad SMARTS) is 1. The fourth-order valence-electron chi connectivity index (χ4n) is 0.891. The van der Waals surface area contributed by atoms with Gasteiger partial charge in [-0.25, -0.2) is 14.8 Å². The minimum absolute atomic E-state index is 0.0496. The highest BCUT2D eigenvalue weighted by atomic mass is 32.2. The van der Waals surface area contributed by atoms with Crippen molar-refractivity contribution in [2.75, 3.05) is 5.75 Å². The van der Waals surface area contributed by atoms with Crippen LogP contribution in [0.25, 0.3) is 0 Å². The summed E-state index contributed by atoms with van der Waals surface area (Å²) in [6, 6.07) is 0. The van der Waals surface area contributed by atoms with Crippen LogP contribution < -0.4 is 0 Å². The topological polar surface area (TPSA) is 63.1 Å². The van der Waals surface area contributed by atoms with E-state index in [-0.39, 0.29) is 5.69 Å². The summed E-state index contributed by atoms with van der Waals surface area (Å²) in [5.41, 5.74) is 0.0496. The van der Waals surface area contributed by atoms with Gasteiger partial charge in [-0.05, 0) is 12.2 Å². The molecule has 14 heavy (non-hydrogen) atoms. The summed E-state index contributed by atoms with van der Waals surface area (Å²) in [7, 11) is 0. The lowest BCUT2D eigenvalue weighted by Gasteiger charge is -2.01. The predicted octanol–water partition coefficient (Wildman–Crippen LogP) is 2.07. The average molecular weight is 212 g/mol.